The Morgan fingerprint density at radius 1 is 1.54 bits per heavy atom. The van der Waals surface area contributed by atoms with Crippen molar-refractivity contribution in [3.05, 3.63) is 28.7 Å². The molecule has 0 spiro atoms. The molecule has 0 saturated carbocycles. The van der Waals surface area contributed by atoms with Crippen molar-refractivity contribution in [2.45, 2.75) is 6.42 Å². The van der Waals surface area contributed by atoms with E-state index in [4.69, 9.17) is 5.11 Å². The number of nitrogens with one attached hydrogen (secondary N) is 1. The van der Waals surface area contributed by atoms with Crippen LogP contribution in [0.15, 0.2) is 28.7 Å². The molecule has 0 bridgehead atoms. The van der Waals surface area contributed by atoms with Crippen LogP contribution in [0.2, 0.25) is 0 Å². The maximum absolute atomic E-state index is 11.0. The Hall–Kier alpha value is -0.870. The van der Waals surface area contributed by atoms with E-state index in [2.05, 4.69) is 21.2 Å². The van der Waals surface area contributed by atoms with Crippen LogP contribution >= 0.6 is 15.9 Å². The Balaban J connectivity index is 2.58. The number of carbonyl (C=O) groups is 1. The van der Waals surface area contributed by atoms with Gasteiger partial charge in [0.05, 0.1) is 13.0 Å². The minimum Gasteiger partial charge on any atom is -0.396 e. The molecule has 0 aliphatic rings. The van der Waals surface area contributed by atoms with Gasteiger partial charge in [-0.3, -0.25) is 4.79 Å². The van der Waals surface area contributed by atoms with E-state index >= 15 is 0 Å². The molecule has 0 atom stereocenters. The smallest absolute Gasteiger partial charge is 0.226 e. The second-order valence-corrected chi connectivity index (χ2v) is 3.45. The molecule has 1 rings (SSSR count). The summed E-state index contributed by atoms with van der Waals surface area (Å²) in [7, 11) is 0. The number of benzene rings is 1. The summed E-state index contributed by atoms with van der Waals surface area (Å²) in [6.07, 6.45) is 0.131. The molecule has 13 heavy (non-hydrogen) atoms. The number of anilines is 1. The van der Waals surface area contributed by atoms with Gasteiger partial charge in [0.1, 0.15) is 0 Å². The van der Waals surface area contributed by atoms with Gasteiger partial charge in [0.25, 0.3) is 0 Å². The average molecular weight is 244 g/mol. The monoisotopic (exact) mass is 243 g/mol. The summed E-state index contributed by atoms with van der Waals surface area (Å²) in [6.45, 7) is -0.125. The van der Waals surface area contributed by atoms with Crippen molar-refractivity contribution in [1.29, 1.82) is 0 Å². The van der Waals surface area contributed by atoms with Gasteiger partial charge < -0.3 is 10.4 Å². The fourth-order valence-electron chi connectivity index (χ4n) is 0.891. The predicted molar refractivity (Wildman–Crippen MR) is 54.5 cm³/mol. The number of rotatable bonds is 3. The minimum atomic E-state index is -0.180. The maximum Gasteiger partial charge on any atom is 0.226 e. The molecule has 1 aromatic carbocycles. The molecule has 0 aromatic heterocycles. The second-order valence-electron chi connectivity index (χ2n) is 2.53. The highest BCUT2D eigenvalue weighted by Crippen LogP contribution is 2.15. The quantitative estimate of drug-likeness (QED) is 0.851. The van der Waals surface area contributed by atoms with Gasteiger partial charge in [-0.1, -0.05) is 22.0 Å². The van der Waals surface area contributed by atoms with Crippen molar-refractivity contribution in [2.24, 2.45) is 0 Å². The van der Waals surface area contributed by atoms with Crippen LogP contribution in [0.25, 0.3) is 0 Å². The van der Waals surface area contributed by atoms with Crippen LogP contribution in [0, 0.1) is 0 Å². The zero-order chi connectivity index (χ0) is 9.68. The average Bonchev–Trinajstić information content (AvgIpc) is 2.04. The number of aliphatic hydroxyl groups is 1. The third-order valence-corrected chi connectivity index (χ3v) is 1.94. The van der Waals surface area contributed by atoms with E-state index in [1.807, 2.05) is 12.1 Å². The van der Waals surface area contributed by atoms with Crippen LogP contribution in [0.3, 0.4) is 0 Å². The highest BCUT2D eigenvalue weighted by molar-refractivity contribution is 9.10. The van der Waals surface area contributed by atoms with Crippen molar-refractivity contribution in [3.8, 4) is 0 Å². The highest BCUT2D eigenvalue weighted by Gasteiger charge is 2.00. The van der Waals surface area contributed by atoms with Crippen LogP contribution < -0.4 is 5.32 Å². The van der Waals surface area contributed by atoms with Gasteiger partial charge in [0.15, 0.2) is 0 Å². The molecule has 0 radical (unpaired) electrons. The van der Waals surface area contributed by atoms with E-state index in [9.17, 15) is 4.79 Å². The molecule has 4 heteroatoms. The summed E-state index contributed by atoms with van der Waals surface area (Å²) in [6, 6.07) is 7.30. The van der Waals surface area contributed by atoms with E-state index in [0.29, 0.717) is 0 Å². The topological polar surface area (TPSA) is 49.3 Å². The highest BCUT2D eigenvalue weighted by atomic mass is 79.9. The van der Waals surface area contributed by atoms with Crippen LogP contribution in [0.4, 0.5) is 5.69 Å². The first-order valence-corrected chi connectivity index (χ1v) is 4.68. The summed E-state index contributed by atoms with van der Waals surface area (Å²) in [5, 5.41) is 11.2. The van der Waals surface area contributed by atoms with Crippen molar-refractivity contribution < 1.29 is 9.90 Å². The third-order valence-electron chi connectivity index (χ3n) is 1.45. The van der Waals surface area contributed by atoms with E-state index in [1.54, 1.807) is 12.1 Å². The Kier molecular flexibility index (Phi) is 3.92. The first kappa shape index (κ1) is 10.2. The Morgan fingerprint density at radius 2 is 2.31 bits per heavy atom. The fourth-order valence-corrected chi connectivity index (χ4v) is 1.29. The fraction of sp³-hybridized carbons (Fsp3) is 0.222. The lowest BCUT2D eigenvalue weighted by atomic mass is 10.3. The molecule has 0 aliphatic carbocycles. The van der Waals surface area contributed by atoms with E-state index in [0.717, 1.165) is 10.2 Å². The van der Waals surface area contributed by atoms with Crippen molar-refractivity contribution in [2.75, 3.05) is 11.9 Å². The SMILES string of the molecule is O=C(CCO)Nc1cccc(Br)c1. The van der Waals surface area contributed by atoms with E-state index in [-0.39, 0.29) is 18.9 Å². The molecule has 0 aliphatic heterocycles. The maximum atomic E-state index is 11.0. The van der Waals surface area contributed by atoms with Gasteiger partial charge in [-0.05, 0) is 18.2 Å². The molecular weight excluding hydrogens is 234 g/mol. The zero-order valence-corrected chi connectivity index (χ0v) is 8.54. The minimum absolute atomic E-state index is 0.125. The lowest BCUT2D eigenvalue weighted by Gasteiger charge is -2.03. The van der Waals surface area contributed by atoms with Gasteiger partial charge in [0, 0.05) is 10.2 Å². The second kappa shape index (κ2) is 4.99. The largest absolute Gasteiger partial charge is 0.396 e. The lowest BCUT2D eigenvalue weighted by molar-refractivity contribution is -0.116. The van der Waals surface area contributed by atoms with E-state index in [1.165, 1.54) is 0 Å². The molecule has 0 heterocycles. The Labute approximate surface area is 84.9 Å². The molecule has 0 unspecified atom stereocenters. The summed E-state index contributed by atoms with van der Waals surface area (Å²) in [4.78, 5) is 11.0. The van der Waals surface area contributed by atoms with Gasteiger partial charge in [0.2, 0.25) is 5.91 Å². The lowest BCUT2D eigenvalue weighted by Crippen LogP contribution is -2.12. The van der Waals surface area contributed by atoms with Gasteiger partial charge in [-0.15, -0.1) is 0 Å². The molecule has 70 valence electrons. The first-order chi connectivity index (χ1) is 6.22. The van der Waals surface area contributed by atoms with Crippen LogP contribution in [0.5, 0.6) is 0 Å². The molecule has 3 nitrogen and oxygen atoms in total. The van der Waals surface area contributed by atoms with Gasteiger partial charge in [-0.25, -0.2) is 0 Å². The zero-order valence-electron chi connectivity index (χ0n) is 6.96. The number of hydrogen-bond acceptors (Lipinski definition) is 2. The van der Waals surface area contributed by atoms with Crippen molar-refractivity contribution in [1.82, 2.24) is 0 Å². The molecule has 2 N–H and O–H groups in total. The standard InChI is InChI=1S/C9H10BrNO2/c10-7-2-1-3-8(6-7)11-9(13)4-5-12/h1-3,6,12H,4-5H2,(H,11,13). The number of aliphatic hydroxyl groups excluding tert-OH is 1. The third kappa shape index (κ3) is 3.57. The number of carbonyl (C=O) groups excluding carboxylic acids is 1. The Bertz CT molecular complexity index is 301. The van der Waals surface area contributed by atoms with Crippen molar-refractivity contribution >= 4 is 27.5 Å². The summed E-state index contributed by atoms with van der Waals surface area (Å²) in [5.41, 5.74) is 0.729. The van der Waals surface area contributed by atoms with Crippen LogP contribution in [-0.4, -0.2) is 17.6 Å². The summed E-state index contributed by atoms with van der Waals surface area (Å²) < 4.78 is 0.911. The summed E-state index contributed by atoms with van der Waals surface area (Å²) >= 11 is 3.29. The predicted octanol–water partition coefficient (Wildman–Crippen LogP) is 1.77. The summed E-state index contributed by atoms with van der Waals surface area (Å²) in [5.74, 6) is -0.180. The number of halogens is 1. The van der Waals surface area contributed by atoms with Crippen molar-refractivity contribution in [3.63, 3.8) is 0 Å². The molecule has 0 fully saturated rings. The normalized spacial score (nSPS) is 9.69. The molecule has 1 aromatic rings. The van der Waals surface area contributed by atoms with Gasteiger partial charge in [-0.2, -0.15) is 0 Å². The number of amides is 1. The van der Waals surface area contributed by atoms with Crippen LogP contribution in [-0.2, 0) is 4.79 Å². The number of hydrogen-bond donors (Lipinski definition) is 2. The van der Waals surface area contributed by atoms with Crippen LogP contribution in [0.1, 0.15) is 6.42 Å². The molecule has 0 saturated heterocycles. The molecule has 1 amide bonds. The Morgan fingerprint density at radius 3 is 2.92 bits per heavy atom. The van der Waals surface area contributed by atoms with E-state index < -0.39 is 0 Å². The van der Waals surface area contributed by atoms with Gasteiger partial charge >= 0.3 is 0 Å². The first-order valence-electron chi connectivity index (χ1n) is 3.88. The molecular formula is C9H10BrNO2.